The molecule has 4 nitrogen and oxygen atoms in total. The highest BCUT2D eigenvalue weighted by Crippen LogP contribution is 2.30. The Hall–Kier alpha value is -2.86. The zero-order chi connectivity index (χ0) is 17.4. The minimum Gasteiger partial charge on any atom is -0.342 e. The second kappa shape index (κ2) is 6.22. The highest BCUT2D eigenvalue weighted by Gasteiger charge is 2.25. The lowest BCUT2D eigenvalue weighted by Crippen LogP contribution is -2.17. The Labute approximate surface area is 147 Å². The van der Waals surface area contributed by atoms with Crippen LogP contribution in [0.5, 0.6) is 0 Å². The summed E-state index contributed by atoms with van der Waals surface area (Å²) in [6.07, 6.45) is 3.67. The minimum atomic E-state index is -0.370. The van der Waals surface area contributed by atoms with Crippen LogP contribution in [0, 0.1) is 5.82 Å². The van der Waals surface area contributed by atoms with Crippen molar-refractivity contribution in [1.82, 2.24) is 9.88 Å². The fourth-order valence-corrected chi connectivity index (χ4v) is 3.54. The summed E-state index contributed by atoms with van der Waals surface area (Å²) in [6.45, 7) is 0.586. The molecule has 1 fully saturated rings. The summed E-state index contributed by atoms with van der Waals surface area (Å²) >= 11 is 0.902. The van der Waals surface area contributed by atoms with E-state index in [2.05, 4.69) is 5.32 Å². The SMILES string of the molecule is O=C1NC(=O)/C(=C\c2cn(Cc3ccc(F)cc3)c3ccccc23)S1. The topological polar surface area (TPSA) is 51.1 Å². The van der Waals surface area contributed by atoms with Crippen molar-refractivity contribution in [2.24, 2.45) is 0 Å². The van der Waals surface area contributed by atoms with Crippen molar-refractivity contribution in [3.63, 3.8) is 0 Å². The largest absolute Gasteiger partial charge is 0.342 e. The third-order valence-electron chi connectivity index (χ3n) is 4.01. The number of benzene rings is 2. The molecule has 1 N–H and O–H groups in total. The molecule has 1 aromatic heterocycles. The van der Waals surface area contributed by atoms with Crippen molar-refractivity contribution >= 4 is 39.9 Å². The van der Waals surface area contributed by atoms with E-state index < -0.39 is 0 Å². The predicted molar refractivity (Wildman–Crippen MR) is 96.5 cm³/mol. The van der Waals surface area contributed by atoms with Gasteiger partial charge in [-0.25, -0.2) is 4.39 Å². The third-order valence-corrected chi connectivity index (χ3v) is 4.82. The van der Waals surface area contributed by atoms with Crippen LogP contribution in [0.1, 0.15) is 11.1 Å². The molecule has 25 heavy (non-hydrogen) atoms. The van der Waals surface area contributed by atoms with Crippen molar-refractivity contribution in [1.29, 1.82) is 0 Å². The summed E-state index contributed by atoms with van der Waals surface area (Å²) in [4.78, 5) is 23.5. The average molecular weight is 352 g/mol. The van der Waals surface area contributed by atoms with Gasteiger partial charge in [-0.2, -0.15) is 0 Å². The highest BCUT2D eigenvalue weighted by atomic mass is 32.2. The molecule has 0 unspecified atom stereocenters. The van der Waals surface area contributed by atoms with Crippen molar-refractivity contribution < 1.29 is 14.0 Å². The number of amides is 2. The molecule has 0 spiro atoms. The molecule has 2 amide bonds. The quantitative estimate of drug-likeness (QED) is 0.721. The molecule has 6 heteroatoms. The number of carbonyl (C=O) groups is 2. The average Bonchev–Trinajstić information content (AvgIpc) is 3.10. The monoisotopic (exact) mass is 352 g/mol. The number of para-hydroxylation sites is 1. The zero-order valence-electron chi connectivity index (χ0n) is 13.0. The maximum Gasteiger partial charge on any atom is 0.290 e. The number of nitrogens with one attached hydrogen (secondary N) is 1. The molecule has 1 aliphatic rings. The summed E-state index contributed by atoms with van der Waals surface area (Å²) < 4.78 is 15.1. The van der Waals surface area contributed by atoms with Gasteiger partial charge in [0.1, 0.15) is 5.82 Å². The van der Waals surface area contributed by atoms with Crippen LogP contribution in [0.2, 0.25) is 0 Å². The molecule has 124 valence electrons. The van der Waals surface area contributed by atoms with Crippen LogP contribution < -0.4 is 5.32 Å². The fourth-order valence-electron chi connectivity index (χ4n) is 2.87. The van der Waals surface area contributed by atoms with Gasteiger partial charge in [0.2, 0.25) is 0 Å². The van der Waals surface area contributed by atoms with Gasteiger partial charge < -0.3 is 4.57 Å². The number of imide groups is 1. The first-order valence-corrected chi connectivity index (χ1v) is 8.49. The van der Waals surface area contributed by atoms with E-state index in [4.69, 9.17) is 0 Å². The molecule has 1 saturated heterocycles. The molecule has 0 saturated carbocycles. The van der Waals surface area contributed by atoms with E-state index in [1.807, 2.05) is 35.0 Å². The Kier molecular flexibility index (Phi) is 3.89. The van der Waals surface area contributed by atoms with Crippen molar-refractivity contribution in [3.05, 3.63) is 76.6 Å². The Morgan fingerprint density at radius 2 is 1.84 bits per heavy atom. The molecule has 0 bridgehead atoms. The number of fused-ring (bicyclic) bond motifs is 1. The highest BCUT2D eigenvalue weighted by molar-refractivity contribution is 8.18. The Bertz CT molecular complexity index is 1020. The molecule has 3 aromatic rings. The number of nitrogens with zero attached hydrogens (tertiary/aromatic N) is 1. The summed E-state index contributed by atoms with van der Waals surface area (Å²) in [5, 5.41) is 2.90. The van der Waals surface area contributed by atoms with Crippen LogP contribution in [0.25, 0.3) is 17.0 Å². The molecule has 0 radical (unpaired) electrons. The van der Waals surface area contributed by atoms with E-state index in [0.717, 1.165) is 33.8 Å². The molecule has 0 aliphatic carbocycles. The summed E-state index contributed by atoms with van der Waals surface area (Å²) in [5.74, 6) is -0.633. The molecular weight excluding hydrogens is 339 g/mol. The first-order valence-electron chi connectivity index (χ1n) is 7.67. The van der Waals surface area contributed by atoms with Gasteiger partial charge in [-0.1, -0.05) is 30.3 Å². The van der Waals surface area contributed by atoms with Crippen LogP contribution in [-0.2, 0) is 11.3 Å². The maximum absolute atomic E-state index is 13.1. The Balaban J connectivity index is 1.76. The van der Waals surface area contributed by atoms with Crippen LogP contribution >= 0.6 is 11.8 Å². The molecule has 2 aromatic carbocycles. The zero-order valence-corrected chi connectivity index (χ0v) is 13.8. The van der Waals surface area contributed by atoms with Crippen LogP contribution in [0.15, 0.2) is 59.6 Å². The van der Waals surface area contributed by atoms with Gasteiger partial charge in [0.15, 0.2) is 0 Å². The van der Waals surface area contributed by atoms with Gasteiger partial charge in [0.05, 0.1) is 4.91 Å². The second-order valence-electron chi connectivity index (χ2n) is 5.71. The molecule has 4 rings (SSSR count). The van der Waals surface area contributed by atoms with Gasteiger partial charge >= 0.3 is 0 Å². The van der Waals surface area contributed by atoms with E-state index in [0.29, 0.717) is 11.4 Å². The van der Waals surface area contributed by atoms with Gasteiger partial charge in [-0.05, 0) is 41.6 Å². The van der Waals surface area contributed by atoms with Crippen LogP contribution in [0.3, 0.4) is 0 Å². The first kappa shape index (κ1) is 15.7. The van der Waals surface area contributed by atoms with E-state index >= 15 is 0 Å². The minimum absolute atomic E-state index is 0.263. The summed E-state index contributed by atoms with van der Waals surface area (Å²) in [6, 6.07) is 14.2. The lowest BCUT2D eigenvalue weighted by Gasteiger charge is -2.05. The molecule has 2 heterocycles. The third kappa shape index (κ3) is 3.08. The Morgan fingerprint density at radius 3 is 2.56 bits per heavy atom. The van der Waals surface area contributed by atoms with Crippen molar-refractivity contribution in [2.75, 3.05) is 0 Å². The summed E-state index contributed by atoms with van der Waals surface area (Å²) in [5.41, 5.74) is 2.85. The number of aromatic nitrogens is 1. The Morgan fingerprint density at radius 1 is 1.08 bits per heavy atom. The molecule has 1 aliphatic heterocycles. The summed E-state index contributed by atoms with van der Waals surface area (Å²) in [7, 11) is 0. The van der Waals surface area contributed by atoms with Gasteiger partial charge in [0.25, 0.3) is 11.1 Å². The number of rotatable bonds is 3. The van der Waals surface area contributed by atoms with Crippen LogP contribution in [0.4, 0.5) is 9.18 Å². The molecular formula is C19H13FN2O2S. The van der Waals surface area contributed by atoms with Gasteiger partial charge in [-0.3, -0.25) is 14.9 Å². The first-order chi connectivity index (χ1) is 12.1. The van der Waals surface area contributed by atoms with Crippen molar-refractivity contribution in [2.45, 2.75) is 6.54 Å². The standard InChI is InChI=1S/C19H13FN2O2S/c20-14-7-5-12(6-8-14)10-22-11-13(15-3-1-2-4-16(15)22)9-17-18(23)21-19(24)25-17/h1-9,11H,10H2,(H,21,23,24)/b17-9+. The number of hydrogen-bond acceptors (Lipinski definition) is 3. The lowest BCUT2D eigenvalue weighted by atomic mass is 10.1. The van der Waals surface area contributed by atoms with E-state index in [1.54, 1.807) is 18.2 Å². The van der Waals surface area contributed by atoms with Gasteiger partial charge in [0, 0.05) is 29.2 Å². The van der Waals surface area contributed by atoms with E-state index in [9.17, 15) is 14.0 Å². The number of hydrogen-bond donors (Lipinski definition) is 1. The number of halogens is 1. The lowest BCUT2D eigenvalue weighted by molar-refractivity contribution is -0.115. The number of thioether (sulfide) groups is 1. The molecule has 0 atom stereocenters. The fraction of sp³-hybridized carbons (Fsp3) is 0.0526. The smallest absolute Gasteiger partial charge is 0.290 e. The number of carbonyl (C=O) groups excluding carboxylic acids is 2. The van der Waals surface area contributed by atoms with Crippen molar-refractivity contribution in [3.8, 4) is 0 Å². The maximum atomic E-state index is 13.1. The van der Waals surface area contributed by atoms with Crippen LogP contribution in [-0.4, -0.2) is 15.7 Å². The normalized spacial score (nSPS) is 16.0. The van der Waals surface area contributed by atoms with E-state index in [1.165, 1.54) is 12.1 Å². The predicted octanol–water partition coefficient (Wildman–Crippen LogP) is 4.15. The van der Waals surface area contributed by atoms with E-state index in [-0.39, 0.29) is 17.0 Å². The second-order valence-corrected chi connectivity index (χ2v) is 6.72. The van der Waals surface area contributed by atoms with Gasteiger partial charge in [-0.15, -0.1) is 0 Å².